The number of aliphatic hydroxyl groups is 1. The Morgan fingerprint density at radius 3 is 2.02 bits per heavy atom. The molecule has 2 heterocycles. The van der Waals surface area contributed by atoms with Gasteiger partial charge in [0.05, 0.1) is 55.8 Å². The van der Waals surface area contributed by atoms with Crippen molar-refractivity contribution in [3.05, 3.63) is 52.5 Å². The van der Waals surface area contributed by atoms with E-state index in [0.717, 1.165) is 24.3 Å². The molecule has 7 atom stereocenters. The maximum absolute atomic E-state index is 13.9. The SMILES string of the molecule is CC.CC(C)O.CCC(C)C(C(CC(=O)N1CCCC1C(OC)C(C)C(=O)NCc1nccs1)OC)N(C)C(=O)CNC(=O)C(C(C)C)N(C)C.Cc1ccccc1. The number of nitrogens with one attached hydrogen (secondary N) is 2. The van der Waals surface area contributed by atoms with E-state index in [2.05, 4.69) is 34.7 Å². The Bertz CT molecular complexity index is 1400. The van der Waals surface area contributed by atoms with Crippen LogP contribution in [0.5, 0.6) is 0 Å². The van der Waals surface area contributed by atoms with Crippen LogP contribution in [0.2, 0.25) is 0 Å². The number of amides is 4. The number of carbonyl (C=O) groups is 4. The van der Waals surface area contributed by atoms with Crippen LogP contribution in [0.15, 0.2) is 41.9 Å². The molecule has 0 saturated carbocycles. The van der Waals surface area contributed by atoms with Gasteiger partial charge in [-0.2, -0.15) is 0 Å². The third kappa shape index (κ3) is 19.1. The summed E-state index contributed by atoms with van der Waals surface area (Å²) < 4.78 is 11.7. The second kappa shape index (κ2) is 29.7. The Morgan fingerprint density at radius 1 is 0.966 bits per heavy atom. The van der Waals surface area contributed by atoms with Gasteiger partial charge >= 0.3 is 0 Å². The molecule has 14 heteroatoms. The lowest BCUT2D eigenvalue weighted by Crippen LogP contribution is -2.55. The molecule has 1 saturated heterocycles. The Morgan fingerprint density at radius 2 is 1.57 bits per heavy atom. The lowest BCUT2D eigenvalue weighted by atomic mass is 9.90. The van der Waals surface area contributed by atoms with Crippen molar-refractivity contribution in [3.63, 3.8) is 0 Å². The van der Waals surface area contributed by atoms with Gasteiger partial charge in [0.1, 0.15) is 5.01 Å². The molecule has 0 radical (unpaired) electrons. The standard InChI is InChI=1S/C32H56N6O6S.C7H8.C3H8O.C2H6/c1-11-21(4)29(37(8)27(40)19-35-32(42)28(20(2)3)36(6)7)24(43-9)17-26(39)38-15-12-13-23(38)30(44-10)22(5)31(41)34-18-25-33-14-16-45-25;1-7-5-3-2-4-6-7;1-3(2)4;1-2/h14,16,20-24,28-30H,11-13,15,17-19H2,1-10H3,(H,34,41)(H,35,42);2-6H,1H3;3-4H,1-2H3;1-2H3. The molecule has 0 spiro atoms. The second-order valence-corrected chi connectivity index (χ2v) is 16.4. The van der Waals surface area contributed by atoms with Crippen molar-refractivity contribution < 1.29 is 33.8 Å². The molecule has 1 aromatic carbocycles. The maximum Gasteiger partial charge on any atom is 0.242 e. The zero-order valence-corrected chi connectivity index (χ0v) is 39.1. The molecule has 1 fully saturated rings. The van der Waals surface area contributed by atoms with Crippen LogP contribution in [0.1, 0.15) is 98.6 Å². The van der Waals surface area contributed by atoms with E-state index in [1.54, 1.807) is 46.2 Å². The minimum atomic E-state index is -0.566. The van der Waals surface area contributed by atoms with Crippen LogP contribution in [0.3, 0.4) is 0 Å². The summed E-state index contributed by atoms with van der Waals surface area (Å²) in [5.41, 5.74) is 1.32. The molecule has 1 aliphatic heterocycles. The highest BCUT2D eigenvalue weighted by Crippen LogP contribution is 2.29. The molecule has 4 amide bonds. The van der Waals surface area contributed by atoms with Gasteiger partial charge in [0.25, 0.3) is 0 Å². The van der Waals surface area contributed by atoms with Crippen molar-refractivity contribution >= 4 is 35.0 Å². The monoisotopic (exact) mass is 835 g/mol. The quantitative estimate of drug-likeness (QED) is 0.170. The van der Waals surface area contributed by atoms with Crippen molar-refractivity contribution in [3.8, 4) is 0 Å². The van der Waals surface area contributed by atoms with Gasteiger partial charge in [0.2, 0.25) is 23.6 Å². The lowest BCUT2D eigenvalue weighted by Gasteiger charge is -2.39. The minimum Gasteiger partial charge on any atom is -0.394 e. The number of carbonyl (C=O) groups excluding carboxylic acids is 4. The summed E-state index contributed by atoms with van der Waals surface area (Å²) in [7, 11) is 8.53. The molecule has 7 unspecified atom stereocenters. The lowest BCUT2D eigenvalue weighted by molar-refractivity contribution is -0.146. The summed E-state index contributed by atoms with van der Waals surface area (Å²) in [6, 6.07) is 9.26. The number of hydrogen-bond donors (Lipinski definition) is 3. The summed E-state index contributed by atoms with van der Waals surface area (Å²) >= 11 is 1.48. The predicted molar refractivity (Wildman–Crippen MR) is 235 cm³/mol. The number of aliphatic hydroxyl groups excluding tert-OH is 1. The minimum absolute atomic E-state index is 0.0280. The van der Waals surface area contributed by atoms with Gasteiger partial charge in [0, 0.05) is 45.5 Å². The molecule has 332 valence electrons. The summed E-state index contributed by atoms with van der Waals surface area (Å²) in [5.74, 6) is -1.08. The predicted octanol–water partition coefficient (Wildman–Crippen LogP) is 5.79. The number of aromatic nitrogens is 1. The van der Waals surface area contributed by atoms with Crippen molar-refractivity contribution in [2.45, 2.75) is 138 Å². The average Bonchev–Trinajstić information content (AvgIpc) is 3.90. The van der Waals surface area contributed by atoms with Crippen LogP contribution >= 0.6 is 11.3 Å². The van der Waals surface area contributed by atoms with E-state index in [0.29, 0.717) is 13.1 Å². The normalized spacial score (nSPS) is 16.6. The number of aryl methyl sites for hydroxylation is 1. The van der Waals surface area contributed by atoms with Crippen LogP contribution in [-0.2, 0) is 35.2 Å². The fraction of sp³-hybridized carbons (Fsp3) is 0.705. The number of nitrogens with zero attached hydrogens (tertiary/aromatic N) is 4. The van der Waals surface area contributed by atoms with Gasteiger partial charge in [-0.15, -0.1) is 11.3 Å². The Labute approximate surface area is 354 Å². The van der Waals surface area contributed by atoms with Gasteiger partial charge in [-0.1, -0.05) is 90.8 Å². The topological polar surface area (TPSA) is 154 Å². The van der Waals surface area contributed by atoms with Crippen LogP contribution in [-0.4, -0.2) is 133 Å². The van der Waals surface area contributed by atoms with E-state index < -0.39 is 24.2 Å². The molecular weight excluding hydrogens is 757 g/mol. The Balaban J connectivity index is 0.00000214. The van der Waals surface area contributed by atoms with E-state index in [1.807, 2.05) is 95.9 Å². The number of thiazole rings is 1. The summed E-state index contributed by atoms with van der Waals surface area (Å²) in [6.45, 7) is 20.1. The average molecular weight is 835 g/mol. The first-order chi connectivity index (χ1) is 27.4. The smallest absolute Gasteiger partial charge is 0.242 e. The molecule has 3 rings (SSSR count). The number of methoxy groups -OCH3 is 2. The zero-order chi connectivity index (χ0) is 44.5. The second-order valence-electron chi connectivity index (χ2n) is 15.4. The van der Waals surface area contributed by atoms with E-state index in [1.165, 1.54) is 16.9 Å². The largest absolute Gasteiger partial charge is 0.394 e. The van der Waals surface area contributed by atoms with Crippen molar-refractivity contribution in [2.24, 2.45) is 17.8 Å². The molecule has 3 N–H and O–H groups in total. The van der Waals surface area contributed by atoms with Gasteiger partial charge in [-0.25, -0.2) is 4.98 Å². The Kier molecular flexibility index (Phi) is 28.0. The highest BCUT2D eigenvalue weighted by atomic mass is 32.1. The number of rotatable bonds is 18. The van der Waals surface area contributed by atoms with E-state index >= 15 is 0 Å². The van der Waals surface area contributed by atoms with Gasteiger partial charge in [-0.05, 0) is 59.5 Å². The van der Waals surface area contributed by atoms with Crippen molar-refractivity contribution in [2.75, 3.05) is 48.5 Å². The molecule has 1 aromatic heterocycles. The van der Waals surface area contributed by atoms with Gasteiger partial charge < -0.3 is 35.0 Å². The van der Waals surface area contributed by atoms with Crippen molar-refractivity contribution in [1.82, 2.24) is 30.3 Å². The molecule has 0 aliphatic carbocycles. The van der Waals surface area contributed by atoms with Crippen LogP contribution in [0.25, 0.3) is 0 Å². The maximum atomic E-state index is 13.9. The fourth-order valence-corrected chi connectivity index (χ4v) is 7.61. The number of hydrogen-bond acceptors (Lipinski definition) is 10. The van der Waals surface area contributed by atoms with Gasteiger partial charge in [-0.3, -0.25) is 24.1 Å². The molecule has 1 aliphatic rings. The van der Waals surface area contributed by atoms with Crippen LogP contribution in [0, 0.1) is 24.7 Å². The zero-order valence-electron chi connectivity index (χ0n) is 38.3. The fourth-order valence-electron chi connectivity index (χ4n) is 7.05. The summed E-state index contributed by atoms with van der Waals surface area (Å²) in [4.78, 5) is 62.6. The van der Waals surface area contributed by atoms with Crippen LogP contribution < -0.4 is 10.6 Å². The molecule has 2 aromatic rings. The third-order valence-electron chi connectivity index (χ3n) is 10.0. The van der Waals surface area contributed by atoms with E-state index in [4.69, 9.17) is 14.6 Å². The number of likely N-dealkylation sites (tertiary alicyclic amines) is 1. The molecule has 13 nitrogen and oxygen atoms in total. The molecule has 0 bridgehead atoms. The summed E-state index contributed by atoms with van der Waals surface area (Å²) in [5, 5.41) is 16.5. The van der Waals surface area contributed by atoms with Crippen molar-refractivity contribution in [1.29, 1.82) is 0 Å². The molecular formula is C44H78N6O7S. The third-order valence-corrected chi connectivity index (χ3v) is 10.8. The van der Waals surface area contributed by atoms with E-state index in [-0.39, 0.29) is 66.6 Å². The first kappa shape index (κ1) is 54.6. The first-order valence-electron chi connectivity index (χ1n) is 20.8. The van der Waals surface area contributed by atoms with Gasteiger partial charge in [0.15, 0.2) is 0 Å². The summed E-state index contributed by atoms with van der Waals surface area (Å²) in [6.07, 6.45) is 2.86. The molecule has 58 heavy (non-hydrogen) atoms. The first-order valence-corrected chi connectivity index (χ1v) is 21.7. The highest BCUT2D eigenvalue weighted by molar-refractivity contribution is 7.09. The van der Waals surface area contributed by atoms with E-state index in [9.17, 15) is 19.2 Å². The number of likely N-dealkylation sites (N-methyl/N-ethyl adjacent to an activating group) is 2. The number of ether oxygens (including phenoxy) is 2. The number of benzene rings is 1. The Hall–Kier alpha value is -3.43. The van der Waals surface area contributed by atoms with Crippen LogP contribution in [0.4, 0.5) is 0 Å². The highest BCUT2D eigenvalue weighted by Gasteiger charge is 2.42.